The van der Waals surface area contributed by atoms with Crippen LogP contribution in [0.2, 0.25) is 5.15 Å². The van der Waals surface area contributed by atoms with Crippen LogP contribution in [0.3, 0.4) is 0 Å². The SMILES string of the molecule is CC(C)(CNC(=O)c1cncc(Cl)n1)N1CCOCC1. The first-order valence-corrected chi connectivity index (χ1v) is 6.95. The van der Waals surface area contributed by atoms with E-state index in [1.54, 1.807) is 0 Å². The highest BCUT2D eigenvalue weighted by Crippen LogP contribution is 2.15. The van der Waals surface area contributed by atoms with Gasteiger partial charge in [-0.3, -0.25) is 14.7 Å². The average molecular weight is 299 g/mol. The predicted molar refractivity (Wildman–Crippen MR) is 75.8 cm³/mol. The molecule has 1 aromatic heterocycles. The fourth-order valence-corrected chi connectivity index (χ4v) is 2.27. The highest BCUT2D eigenvalue weighted by Gasteiger charge is 2.28. The van der Waals surface area contributed by atoms with E-state index in [2.05, 4.69) is 34.0 Å². The number of carbonyl (C=O) groups is 1. The standard InChI is InChI=1S/C13H19ClN4O2/c1-13(2,18-3-5-20-6-4-18)9-16-12(19)10-7-15-8-11(14)17-10/h7-8H,3-6,9H2,1-2H3,(H,16,19). The maximum Gasteiger partial charge on any atom is 0.271 e. The molecule has 2 rings (SSSR count). The number of rotatable bonds is 4. The van der Waals surface area contributed by atoms with Crippen LogP contribution >= 0.6 is 11.6 Å². The third kappa shape index (κ3) is 3.88. The fourth-order valence-electron chi connectivity index (χ4n) is 2.12. The second-order valence-corrected chi connectivity index (χ2v) is 5.71. The molecule has 0 bridgehead atoms. The van der Waals surface area contributed by atoms with Crippen molar-refractivity contribution in [3.63, 3.8) is 0 Å². The summed E-state index contributed by atoms with van der Waals surface area (Å²) in [6.45, 7) is 7.94. The average Bonchev–Trinajstić information content (AvgIpc) is 2.46. The highest BCUT2D eigenvalue weighted by molar-refractivity contribution is 6.29. The van der Waals surface area contributed by atoms with E-state index in [9.17, 15) is 4.79 Å². The highest BCUT2D eigenvalue weighted by atomic mass is 35.5. The second-order valence-electron chi connectivity index (χ2n) is 5.32. The molecule has 1 saturated heterocycles. The van der Waals surface area contributed by atoms with Crippen molar-refractivity contribution in [3.05, 3.63) is 23.2 Å². The molecule has 1 aliphatic heterocycles. The minimum Gasteiger partial charge on any atom is -0.379 e. The van der Waals surface area contributed by atoms with Gasteiger partial charge in [0.25, 0.3) is 5.91 Å². The van der Waals surface area contributed by atoms with E-state index in [1.165, 1.54) is 12.4 Å². The summed E-state index contributed by atoms with van der Waals surface area (Å²) in [5.74, 6) is -0.263. The third-order valence-electron chi connectivity index (χ3n) is 3.39. The Balaban J connectivity index is 1.91. The Kier molecular flexibility index (Phi) is 4.91. The lowest BCUT2D eigenvalue weighted by molar-refractivity contribution is -0.00924. The first-order valence-electron chi connectivity index (χ1n) is 6.57. The number of aromatic nitrogens is 2. The third-order valence-corrected chi connectivity index (χ3v) is 3.57. The van der Waals surface area contributed by atoms with Gasteiger partial charge in [-0.15, -0.1) is 0 Å². The van der Waals surface area contributed by atoms with Gasteiger partial charge < -0.3 is 10.1 Å². The number of halogens is 1. The zero-order valence-electron chi connectivity index (χ0n) is 11.7. The van der Waals surface area contributed by atoms with Gasteiger partial charge in [0.2, 0.25) is 0 Å². The smallest absolute Gasteiger partial charge is 0.271 e. The van der Waals surface area contributed by atoms with E-state index >= 15 is 0 Å². The molecule has 1 aliphatic rings. The fraction of sp³-hybridized carbons (Fsp3) is 0.615. The number of amides is 1. The van der Waals surface area contributed by atoms with Gasteiger partial charge in [-0.05, 0) is 13.8 Å². The molecule has 6 nitrogen and oxygen atoms in total. The lowest BCUT2D eigenvalue weighted by Crippen LogP contribution is -2.55. The van der Waals surface area contributed by atoms with Crippen LogP contribution in [0.25, 0.3) is 0 Å². The first kappa shape index (κ1) is 15.2. The molecule has 0 atom stereocenters. The molecule has 1 aromatic rings. The van der Waals surface area contributed by atoms with Crippen molar-refractivity contribution in [1.29, 1.82) is 0 Å². The molecule has 0 spiro atoms. The number of hydrogen-bond donors (Lipinski definition) is 1. The topological polar surface area (TPSA) is 67.4 Å². The van der Waals surface area contributed by atoms with Gasteiger partial charge in [-0.1, -0.05) is 11.6 Å². The van der Waals surface area contributed by atoms with Crippen LogP contribution in [-0.2, 0) is 4.74 Å². The summed E-state index contributed by atoms with van der Waals surface area (Å²) in [6, 6.07) is 0. The maximum absolute atomic E-state index is 12.0. The summed E-state index contributed by atoms with van der Waals surface area (Å²) in [5.41, 5.74) is 0.0982. The number of carbonyl (C=O) groups excluding carboxylic acids is 1. The number of ether oxygens (including phenoxy) is 1. The lowest BCUT2D eigenvalue weighted by atomic mass is 10.0. The van der Waals surface area contributed by atoms with E-state index in [0.29, 0.717) is 6.54 Å². The maximum atomic E-state index is 12.0. The Morgan fingerprint density at radius 2 is 2.15 bits per heavy atom. The van der Waals surface area contributed by atoms with Crippen molar-refractivity contribution in [2.24, 2.45) is 0 Å². The molecule has 1 amide bonds. The summed E-state index contributed by atoms with van der Waals surface area (Å²) in [5, 5.41) is 3.09. The summed E-state index contributed by atoms with van der Waals surface area (Å²) >= 11 is 5.73. The molecule has 1 fully saturated rings. The van der Waals surface area contributed by atoms with Gasteiger partial charge in [0.15, 0.2) is 0 Å². The molecular formula is C13H19ClN4O2. The second kappa shape index (κ2) is 6.47. The molecule has 110 valence electrons. The van der Waals surface area contributed by atoms with Gasteiger partial charge in [0.05, 0.1) is 25.6 Å². The van der Waals surface area contributed by atoms with Crippen LogP contribution in [0.15, 0.2) is 12.4 Å². The van der Waals surface area contributed by atoms with Crippen LogP contribution in [0.5, 0.6) is 0 Å². The van der Waals surface area contributed by atoms with Crippen LogP contribution in [0, 0.1) is 0 Å². The zero-order valence-corrected chi connectivity index (χ0v) is 12.5. The normalized spacial score (nSPS) is 16.9. The minimum atomic E-state index is -0.263. The van der Waals surface area contributed by atoms with Crippen LogP contribution < -0.4 is 5.32 Å². The van der Waals surface area contributed by atoms with Crippen molar-refractivity contribution < 1.29 is 9.53 Å². The molecular weight excluding hydrogens is 280 g/mol. The molecule has 20 heavy (non-hydrogen) atoms. The molecule has 7 heteroatoms. The largest absolute Gasteiger partial charge is 0.379 e. The zero-order chi connectivity index (χ0) is 14.6. The van der Waals surface area contributed by atoms with Crippen molar-refractivity contribution in [3.8, 4) is 0 Å². The Labute approximate surface area is 123 Å². The van der Waals surface area contributed by atoms with Crippen molar-refractivity contribution in [2.45, 2.75) is 19.4 Å². The van der Waals surface area contributed by atoms with Crippen molar-refractivity contribution in [2.75, 3.05) is 32.8 Å². The summed E-state index contributed by atoms with van der Waals surface area (Å²) in [6.07, 6.45) is 2.80. The lowest BCUT2D eigenvalue weighted by Gasteiger charge is -2.40. The number of hydrogen-bond acceptors (Lipinski definition) is 5. The number of nitrogens with one attached hydrogen (secondary N) is 1. The quantitative estimate of drug-likeness (QED) is 0.897. The summed E-state index contributed by atoms with van der Waals surface area (Å²) < 4.78 is 5.34. The Morgan fingerprint density at radius 3 is 2.80 bits per heavy atom. The van der Waals surface area contributed by atoms with E-state index in [-0.39, 0.29) is 22.3 Å². The monoisotopic (exact) mass is 298 g/mol. The Bertz CT molecular complexity index is 475. The molecule has 1 N–H and O–H groups in total. The van der Waals surface area contributed by atoms with Crippen LogP contribution in [-0.4, -0.2) is 59.2 Å². The summed E-state index contributed by atoms with van der Waals surface area (Å²) in [7, 11) is 0. The van der Waals surface area contributed by atoms with Gasteiger partial charge in [-0.25, -0.2) is 4.98 Å². The van der Waals surface area contributed by atoms with Crippen molar-refractivity contribution in [1.82, 2.24) is 20.2 Å². The Hall–Kier alpha value is -1.24. The molecule has 0 saturated carbocycles. The van der Waals surface area contributed by atoms with Gasteiger partial charge in [0.1, 0.15) is 10.8 Å². The van der Waals surface area contributed by atoms with Gasteiger partial charge in [-0.2, -0.15) is 0 Å². The van der Waals surface area contributed by atoms with E-state index in [4.69, 9.17) is 16.3 Å². The van der Waals surface area contributed by atoms with Crippen LogP contribution in [0.4, 0.5) is 0 Å². The molecule has 2 heterocycles. The molecule has 0 unspecified atom stereocenters. The number of nitrogens with zero attached hydrogens (tertiary/aromatic N) is 3. The molecule has 0 radical (unpaired) electrons. The first-order chi connectivity index (χ1) is 9.49. The van der Waals surface area contributed by atoms with Crippen LogP contribution in [0.1, 0.15) is 24.3 Å². The summed E-state index contributed by atoms with van der Waals surface area (Å²) in [4.78, 5) is 22.1. The molecule has 0 aliphatic carbocycles. The van der Waals surface area contributed by atoms with E-state index in [0.717, 1.165) is 26.3 Å². The minimum absolute atomic E-state index is 0.133. The van der Waals surface area contributed by atoms with Crippen molar-refractivity contribution >= 4 is 17.5 Å². The molecule has 0 aromatic carbocycles. The Morgan fingerprint density at radius 1 is 1.45 bits per heavy atom. The van der Waals surface area contributed by atoms with E-state index < -0.39 is 0 Å². The number of morpholine rings is 1. The predicted octanol–water partition coefficient (Wildman–Crippen LogP) is 0.971. The van der Waals surface area contributed by atoms with Gasteiger partial charge >= 0.3 is 0 Å². The van der Waals surface area contributed by atoms with Gasteiger partial charge in [0, 0.05) is 25.2 Å². The van der Waals surface area contributed by atoms with E-state index in [1.807, 2.05) is 0 Å².